The molecule has 496 valence electrons. The van der Waals surface area contributed by atoms with Gasteiger partial charge in [-0.1, -0.05) is 291 Å². The van der Waals surface area contributed by atoms with Gasteiger partial charge in [0, 0.05) is 124 Å². The second kappa shape index (κ2) is 30.0. The fourth-order valence-electron chi connectivity index (χ4n) is 13.4. The van der Waals surface area contributed by atoms with E-state index in [0.717, 1.165) is 44.7 Å². The lowest BCUT2D eigenvalue weighted by molar-refractivity contribution is 0.668. The number of hydrogen-bond acceptors (Lipinski definition) is 8. The van der Waals surface area contributed by atoms with Crippen molar-refractivity contribution >= 4 is 214 Å². The van der Waals surface area contributed by atoms with Crippen molar-refractivity contribution in [1.29, 1.82) is 0 Å². The van der Waals surface area contributed by atoms with E-state index in [-0.39, 0.29) is 0 Å². The monoisotopic (exact) mass is 1410 g/mol. The molecular weight excluding hydrogens is 1350 g/mol. The van der Waals surface area contributed by atoms with Gasteiger partial charge in [-0.05, 0) is 97.1 Å². The van der Waals surface area contributed by atoms with Crippen LogP contribution in [0, 0.1) is 0 Å². The van der Waals surface area contributed by atoms with Gasteiger partial charge in [-0.3, -0.25) is 0 Å². The number of hydrogen-bond donors (Lipinski definition) is 0. The Morgan fingerprint density at radius 2 is 0.202 bits per heavy atom. The van der Waals surface area contributed by atoms with Crippen LogP contribution in [0.1, 0.15) is 0 Å². The highest BCUT2D eigenvalue weighted by atomic mass is 32.1. The predicted molar refractivity (Wildman–Crippen MR) is 452 cm³/mol. The highest BCUT2D eigenvalue weighted by Gasteiger charge is 2.10. The molecule has 0 amide bonds. The van der Waals surface area contributed by atoms with Gasteiger partial charge in [-0.15, -0.1) is 45.3 Å². The van der Waals surface area contributed by atoms with E-state index in [9.17, 15) is 0 Å². The Hall–Kier alpha value is -12.4. The summed E-state index contributed by atoms with van der Waals surface area (Å²) in [7, 11) is 0. The minimum absolute atomic E-state index is 0.962. The third-order valence-electron chi connectivity index (χ3n) is 18.3. The first kappa shape index (κ1) is 64.9. The Morgan fingerprint density at radius 3 is 0.327 bits per heavy atom. The summed E-state index contributed by atoms with van der Waals surface area (Å²) in [6.07, 6.45) is 0. The number of para-hydroxylation sites is 8. The van der Waals surface area contributed by atoms with Gasteiger partial charge in [0.05, 0.1) is 0 Å². The highest BCUT2D eigenvalue weighted by Crippen LogP contribution is 2.38. The molecule has 0 saturated carbocycles. The van der Waals surface area contributed by atoms with Crippen molar-refractivity contribution in [3.05, 3.63) is 388 Å². The molecule has 0 saturated heterocycles. The van der Waals surface area contributed by atoms with Crippen LogP contribution in [-0.2, 0) is 0 Å². The molecule has 0 aliphatic heterocycles. The van der Waals surface area contributed by atoms with Crippen molar-refractivity contribution in [3.63, 3.8) is 0 Å². The summed E-state index contributed by atoms with van der Waals surface area (Å²) in [4.78, 5) is 0. The van der Waals surface area contributed by atoms with Gasteiger partial charge in [0.25, 0.3) is 0 Å². The smallest absolute Gasteiger partial charge is 0.135 e. The molecule has 8 aromatic heterocycles. The molecule has 4 nitrogen and oxygen atoms in total. The standard InChI is InChI=1S/4C12H8O.4C12H8S/c8*1-3-7-11-9(5-1)10-6-2-4-8-12(10)13-11/h8*1-8H. The van der Waals surface area contributed by atoms with Crippen molar-refractivity contribution in [2.45, 2.75) is 0 Å². The molecule has 16 aromatic carbocycles. The van der Waals surface area contributed by atoms with Crippen LogP contribution in [0.25, 0.3) is 168 Å². The van der Waals surface area contributed by atoms with Crippen LogP contribution < -0.4 is 0 Å². The predicted octanol–water partition coefficient (Wildman–Crippen LogP) is 30.6. The number of thiophene rings is 4. The SMILES string of the molecule is c1ccc2c(c1)oc1ccccc12.c1ccc2c(c1)oc1ccccc12.c1ccc2c(c1)oc1ccccc12.c1ccc2c(c1)oc1ccccc12.c1ccc2c(c1)sc1ccccc12.c1ccc2c(c1)sc1ccccc12.c1ccc2c(c1)sc1ccccc12.c1ccc2c(c1)sc1ccccc12. The number of benzene rings is 16. The fourth-order valence-corrected chi connectivity index (χ4v) is 17.8. The lowest BCUT2D eigenvalue weighted by Crippen LogP contribution is -1.62. The highest BCUT2D eigenvalue weighted by molar-refractivity contribution is 7.27. The van der Waals surface area contributed by atoms with E-state index in [4.69, 9.17) is 17.7 Å². The molecule has 24 rings (SSSR count). The number of furan rings is 4. The fraction of sp³-hybridized carbons (Fsp3) is 0. The normalized spacial score (nSPS) is 11.1. The van der Waals surface area contributed by atoms with Gasteiger partial charge in [0.1, 0.15) is 44.7 Å². The lowest BCUT2D eigenvalue weighted by Gasteiger charge is -1.88. The Morgan fingerprint density at radius 1 is 0.106 bits per heavy atom. The summed E-state index contributed by atoms with van der Waals surface area (Å²) >= 11 is 7.45. The minimum Gasteiger partial charge on any atom is -0.456 e. The Bertz CT molecular complexity index is 5380. The summed E-state index contributed by atoms with van der Waals surface area (Å²) in [5, 5.41) is 20.6. The van der Waals surface area contributed by atoms with Crippen LogP contribution in [0.3, 0.4) is 0 Å². The Labute approximate surface area is 615 Å². The van der Waals surface area contributed by atoms with E-state index in [1.54, 1.807) is 0 Å². The van der Waals surface area contributed by atoms with Crippen LogP contribution in [0.2, 0.25) is 0 Å². The molecule has 0 bridgehead atoms. The van der Waals surface area contributed by atoms with E-state index >= 15 is 0 Å². The number of rotatable bonds is 0. The quantitative estimate of drug-likeness (QED) is 0.152. The number of fused-ring (bicyclic) bond motifs is 24. The van der Waals surface area contributed by atoms with E-state index in [1.165, 1.54) is 124 Å². The third-order valence-corrected chi connectivity index (χ3v) is 22.9. The van der Waals surface area contributed by atoms with E-state index in [2.05, 4.69) is 243 Å². The van der Waals surface area contributed by atoms with Crippen molar-refractivity contribution in [3.8, 4) is 0 Å². The first-order chi connectivity index (χ1) is 51.6. The first-order valence-corrected chi connectivity index (χ1v) is 37.8. The van der Waals surface area contributed by atoms with Gasteiger partial charge in [-0.2, -0.15) is 0 Å². The summed E-state index contributed by atoms with van der Waals surface area (Å²) in [5.74, 6) is 0. The van der Waals surface area contributed by atoms with Gasteiger partial charge >= 0.3 is 0 Å². The second-order valence-corrected chi connectivity index (χ2v) is 29.1. The van der Waals surface area contributed by atoms with Gasteiger partial charge in [0.15, 0.2) is 0 Å². The Kier molecular flexibility index (Phi) is 18.8. The zero-order valence-electron chi connectivity index (χ0n) is 56.2. The molecule has 0 N–H and O–H groups in total. The molecule has 24 aromatic rings. The van der Waals surface area contributed by atoms with E-state index < -0.39 is 0 Å². The van der Waals surface area contributed by atoms with Gasteiger partial charge < -0.3 is 17.7 Å². The Balaban J connectivity index is 0.0000000879. The minimum atomic E-state index is 0.962. The summed E-state index contributed by atoms with van der Waals surface area (Å²) in [6.45, 7) is 0. The van der Waals surface area contributed by atoms with Gasteiger partial charge in [-0.25, -0.2) is 0 Å². The van der Waals surface area contributed by atoms with Crippen molar-refractivity contribution in [2.75, 3.05) is 0 Å². The van der Waals surface area contributed by atoms with Crippen LogP contribution in [-0.4, -0.2) is 0 Å². The maximum absolute atomic E-state index is 5.65. The topological polar surface area (TPSA) is 52.6 Å². The first-order valence-electron chi connectivity index (χ1n) is 34.5. The molecule has 0 aliphatic rings. The van der Waals surface area contributed by atoms with E-state index in [1.807, 2.05) is 191 Å². The largest absolute Gasteiger partial charge is 0.456 e. The summed E-state index contributed by atoms with van der Waals surface area (Å²) in [5.41, 5.74) is 7.69. The van der Waals surface area contributed by atoms with Gasteiger partial charge in [0.2, 0.25) is 0 Å². The van der Waals surface area contributed by atoms with E-state index in [0.29, 0.717) is 0 Å². The van der Waals surface area contributed by atoms with Crippen LogP contribution in [0.4, 0.5) is 0 Å². The molecule has 104 heavy (non-hydrogen) atoms. The average molecular weight is 1410 g/mol. The summed E-state index contributed by atoms with van der Waals surface area (Å²) in [6, 6.07) is 133. The summed E-state index contributed by atoms with van der Waals surface area (Å²) < 4.78 is 33.6. The molecular formula is C96H64O4S4. The van der Waals surface area contributed by atoms with Crippen LogP contribution in [0.15, 0.2) is 406 Å². The van der Waals surface area contributed by atoms with Crippen LogP contribution in [0.5, 0.6) is 0 Å². The van der Waals surface area contributed by atoms with Crippen molar-refractivity contribution < 1.29 is 17.7 Å². The van der Waals surface area contributed by atoms with Crippen LogP contribution >= 0.6 is 45.3 Å². The van der Waals surface area contributed by atoms with Crippen molar-refractivity contribution in [1.82, 2.24) is 0 Å². The molecule has 0 unspecified atom stereocenters. The molecule has 0 spiro atoms. The zero-order chi connectivity index (χ0) is 69.4. The maximum atomic E-state index is 5.65. The lowest BCUT2D eigenvalue weighted by atomic mass is 10.2. The third kappa shape index (κ3) is 13.6. The molecule has 8 heterocycles. The molecule has 0 radical (unpaired) electrons. The maximum Gasteiger partial charge on any atom is 0.135 e. The average Bonchev–Trinajstić information content (AvgIpc) is 1.73. The molecule has 0 fully saturated rings. The molecule has 0 aliphatic carbocycles. The molecule has 0 atom stereocenters. The van der Waals surface area contributed by atoms with Crippen molar-refractivity contribution in [2.24, 2.45) is 0 Å². The molecule has 8 heteroatoms. The second-order valence-electron chi connectivity index (χ2n) is 24.8. The zero-order valence-corrected chi connectivity index (χ0v) is 59.5.